The van der Waals surface area contributed by atoms with Crippen LogP contribution in [-0.2, 0) is 16.0 Å². The number of hydrogen-bond acceptors (Lipinski definition) is 2. The number of hydrogen-bond donors (Lipinski definition) is 0. The molecule has 0 spiro atoms. The Morgan fingerprint density at radius 3 is 2.25 bits per heavy atom. The van der Waals surface area contributed by atoms with Crippen molar-refractivity contribution in [3.63, 3.8) is 0 Å². The Hall–Kier alpha value is -1.65. The summed E-state index contributed by atoms with van der Waals surface area (Å²) in [7, 11) is 0. The molecule has 0 N–H and O–H groups in total. The Morgan fingerprint density at radius 1 is 1.25 bits per heavy atom. The van der Waals surface area contributed by atoms with Crippen molar-refractivity contribution in [2.45, 2.75) is 12.6 Å². The van der Waals surface area contributed by atoms with Crippen LogP contribution in [0.4, 0.5) is 13.2 Å². The summed E-state index contributed by atoms with van der Waals surface area (Å²) in [5, 5.41) is 0. The Bertz CT molecular complexity index is 371. The molecule has 1 aromatic carbocycles. The minimum absolute atomic E-state index is 0.275. The van der Waals surface area contributed by atoms with Crippen LogP contribution in [0, 0.1) is 5.92 Å². The highest BCUT2D eigenvalue weighted by atomic mass is 19.4. The van der Waals surface area contributed by atoms with Crippen LogP contribution in [-0.4, -0.2) is 18.2 Å². The molecule has 0 amide bonds. The van der Waals surface area contributed by atoms with Crippen LogP contribution in [0.5, 0.6) is 0 Å². The largest absolute Gasteiger partial charge is 0.450 e. The van der Waals surface area contributed by atoms with E-state index in [1.165, 1.54) is 0 Å². The molecule has 0 aromatic heterocycles. The first-order chi connectivity index (χ1) is 7.45. The van der Waals surface area contributed by atoms with E-state index >= 15 is 0 Å². The molecular weight excluding hydrogens is 221 g/mol. The van der Waals surface area contributed by atoms with Gasteiger partial charge >= 0.3 is 6.18 Å². The molecule has 0 fully saturated rings. The van der Waals surface area contributed by atoms with Gasteiger partial charge in [-0.2, -0.15) is 13.2 Å². The fraction of sp³-hybridized carbons (Fsp3) is 0.273. The number of ketones is 1. The lowest BCUT2D eigenvalue weighted by molar-refractivity contribution is -0.173. The average molecular weight is 229 g/mol. The van der Waals surface area contributed by atoms with Gasteiger partial charge < -0.3 is 0 Å². The zero-order valence-electron chi connectivity index (χ0n) is 8.12. The quantitative estimate of drug-likeness (QED) is 0.741. The molecule has 0 saturated heterocycles. The molecule has 2 nitrogen and oxygen atoms in total. The first kappa shape index (κ1) is 12.4. The van der Waals surface area contributed by atoms with Gasteiger partial charge in [0, 0.05) is 0 Å². The molecule has 85 valence electrons. The van der Waals surface area contributed by atoms with Crippen molar-refractivity contribution in [1.29, 1.82) is 0 Å². The lowest BCUT2D eigenvalue weighted by atomic mass is 9.96. The van der Waals surface area contributed by atoms with Gasteiger partial charge in [-0.25, -0.2) is 0 Å². The minimum Gasteiger partial charge on any atom is -0.290 e. The van der Waals surface area contributed by atoms with E-state index in [-0.39, 0.29) is 6.42 Å². The van der Waals surface area contributed by atoms with Crippen molar-refractivity contribution in [3.05, 3.63) is 35.9 Å². The SMILES string of the molecule is O=[C]C(Cc1ccccc1)C(=O)C(F)(F)F. The molecule has 0 aliphatic carbocycles. The maximum absolute atomic E-state index is 12.1. The normalized spacial score (nSPS) is 13.2. The summed E-state index contributed by atoms with van der Waals surface area (Å²) in [6.07, 6.45) is -4.13. The average Bonchev–Trinajstić information content (AvgIpc) is 2.25. The fourth-order valence-electron chi connectivity index (χ4n) is 1.24. The monoisotopic (exact) mass is 229 g/mol. The third-order valence-electron chi connectivity index (χ3n) is 2.02. The molecule has 0 aliphatic rings. The van der Waals surface area contributed by atoms with Crippen molar-refractivity contribution >= 4 is 12.1 Å². The van der Waals surface area contributed by atoms with Crippen molar-refractivity contribution in [3.8, 4) is 0 Å². The molecule has 0 saturated carbocycles. The van der Waals surface area contributed by atoms with E-state index in [9.17, 15) is 22.8 Å². The van der Waals surface area contributed by atoms with Crippen molar-refractivity contribution < 1.29 is 22.8 Å². The molecule has 0 aliphatic heterocycles. The third-order valence-corrected chi connectivity index (χ3v) is 2.02. The molecule has 16 heavy (non-hydrogen) atoms. The van der Waals surface area contributed by atoms with E-state index < -0.39 is 17.9 Å². The highest BCUT2D eigenvalue weighted by Crippen LogP contribution is 2.22. The summed E-state index contributed by atoms with van der Waals surface area (Å²) >= 11 is 0. The maximum Gasteiger partial charge on any atom is 0.450 e. The van der Waals surface area contributed by atoms with Gasteiger partial charge in [-0.05, 0) is 12.0 Å². The number of benzene rings is 1. The zero-order chi connectivity index (χ0) is 12.2. The van der Waals surface area contributed by atoms with Crippen LogP contribution in [0.3, 0.4) is 0 Å². The molecule has 1 radical (unpaired) electrons. The van der Waals surface area contributed by atoms with Crippen molar-refractivity contribution in [1.82, 2.24) is 0 Å². The number of alkyl halides is 3. The van der Waals surface area contributed by atoms with Crippen LogP contribution >= 0.6 is 0 Å². The second kappa shape index (κ2) is 4.92. The van der Waals surface area contributed by atoms with Gasteiger partial charge in [0.2, 0.25) is 12.1 Å². The van der Waals surface area contributed by atoms with Gasteiger partial charge in [-0.15, -0.1) is 0 Å². The summed E-state index contributed by atoms with van der Waals surface area (Å²) in [6.45, 7) is 0. The minimum atomic E-state index is -4.99. The Kier molecular flexibility index (Phi) is 3.82. The van der Waals surface area contributed by atoms with Gasteiger partial charge in [0.1, 0.15) is 0 Å². The van der Waals surface area contributed by atoms with Crippen molar-refractivity contribution in [2.24, 2.45) is 5.92 Å². The van der Waals surface area contributed by atoms with E-state index in [4.69, 9.17) is 0 Å². The summed E-state index contributed by atoms with van der Waals surface area (Å²) in [5.41, 5.74) is 0.494. The second-order valence-corrected chi connectivity index (χ2v) is 3.22. The van der Waals surface area contributed by atoms with Gasteiger partial charge in [0.15, 0.2) is 0 Å². The number of rotatable bonds is 4. The molecule has 1 unspecified atom stereocenters. The first-order valence-corrected chi connectivity index (χ1v) is 4.48. The van der Waals surface area contributed by atoms with E-state index in [1.807, 2.05) is 0 Å². The van der Waals surface area contributed by atoms with Gasteiger partial charge in [0.05, 0.1) is 5.92 Å². The van der Waals surface area contributed by atoms with Gasteiger partial charge in [-0.1, -0.05) is 30.3 Å². The molecule has 0 heterocycles. The third kappa shape index (κ3) is 3.18. The number of carbonyl (C=O) groups excluding carboxylic acids is 2. The Morgan fingerprint density at radius 2 is 1.81 bits per heavy atom. The van der Waals surface area contributed by atoms with Crippen LogP contribution in [0.25, 0.3) is 0 Å². The summed E-state index contributed by atoms with van der Waals surface area (Å²) in [6, 6.07) is 8.03. The predicted molar refractivity (Wildman–Crippen MR) is 50.4 cm³/mol. The second-order valence-electron chi connectivity index (χ2n) is 3.22. The van der Waals surface area contributed by atoms with E-state index in [0.29, 0.717) is 5.56 Å². The molecule has 5 heteroatoms. The van der Waals surface area contributed by atoms with Crippen LogP contribution in [0.15, 0.2) is 30.3 Å². The topological polar surface area (TPSA) is 34.1 Å². The van der Waals surface area contributed by atoms with Crippen LogP contribution < -0.4 is 0 Å². The van der Waals surface area contributed by atoms with E-state index in [1.54, 1.807) is 30.3 Å². The molecule has 0 bridgehead atoms. The summed E-state index contributed by atoms with van der Waals surface area (Å²) in [4.78, 5) is 21.2. The predicted octanol–water partition coefficient (Wildman–Crippen LogP) is 2.09. The fourth-order valence-corrected chi connectivity index (χ4v) is 1.24. The number of Topliss-reactive ketones (excluding diaryl/α,β-unsaturated/α-hetero) is 1. The molecular formula is C11H8F3O2. The molecule has 1 aromatic rings. The Balaban J connectivity index is 2.78. The van der Waals surface area contributed by atoms with Gasteiger partial charge in [0.25, 0.3) is 0 Å². The van der Waals surface area contributed by atoms with Crippen LogP contribution in [0.1, 0.15) is 5.56 Å². The lowest BCUT2D eigenvalue weighted by Gasteiger charge is -2.10. The highest BCUT2D eigenvalue weighted by Gasteiger charge is 2.43. The first-order valence-electron chi connectivity index (χ1n) is 4.48. The smallest absolute Gasteiger partial charge is 0.290 e. The maximum atomic E-state index is 12.1. The Labute approximate surface area is 90.1 Å². The number of carbonyl (C=O) groups is 1. The number of halogens is 3. The van der Waals surface area contributed by atoms with E-state index in [2.05, 4.69) is 0 Å². The zero-order valence-corrected chi connectivity index (χ0v) is 8.12. The summed E-state index contributed by atoms with van der Waals surface area (Å²) in [5.74, 6) is -3.83. The van der Waals surface area contributed by atoms with Crippen molar-refractivity contribution in [2.75, 3.05) is 0 Å². The van der Waals surface area contributed by atoms with Gasteiger partial charge in [-0.3, -0.25) is 9.59 Å². The molecule has 1 atom stereocenters. The lowest BCUT2D eigenvalue weighted by Crippen LogP contribution is -2.32. The van der Waals surface area contributed by atoms with Crippen LogP contribution in [0.2, 0.25) is 0 Å². The standard InChI is InChI=1S/C11H8F3O2/c12-11(13,14)10(16)9(7-15)6-8-4-2-1-3-5-8/h1-5,9H,6H2. The summed E-state index contributed by atoms with van der Waals surface area (Å²) < 4.78 is 36.2. The van der Waals surface area contributed by atoms with E-state index in [0.717, 1.165) is 6.29 Å². The molecule has 1 rings (SSSR count). The highest BCUT2D eigenvalue weighted by molar-refractivity contribution is 5.97.